The van der Waals surface area contributed by atoms with Gasteiger partial charge in [0.05, 0.1) is 6.04 Å². The van der Waals surface area contributed by atoms with Gasteiger partial charge in [-0.1, -0.05) is 17.7 Å². The highest BCUT2D eigenvalue weighted by Crippen LogP contribution is 2.27. The lowest BCUT2D eigenvalue weighted by molar-refractivity contribution is 0.842. The average Bonchev–Trinajstić information content (AvgIpc) is 2.27. The first-order valence-corrected chi connectivity index (χ1v) is 6.72. The van der Waals surface area contributed by atoms with E-state index in [4.69, 9.17) is 5.73 Å². The number of hydrogen-bond donors (Lipinski definition) is 1. The van der Waals surface area contributed by atoms with Crippen LogP contribution in [0.25, 0.3) is 0 Å². The van der Waals surface area contributed by atoms with Gasteiger partial charge in [0.25, 0.3) is 0 Å². The molecular weight excluding hydrogens is 288 g/mol. The summed E-state index contributed by atoms with van der Waals surface area (Å²) in [6.07, 6.45) is 3.60. The molecule has 2 N–H and O–H groups in total. The zero-order chi connectivity index (χ0) is 13.3. The maximum Gasteiger partial charge on any atom is 0.0572 e. The van der Waals surface area contributed by atoms with Crippen molar-refractivity contribution in [2.45, 2.75) is 26.8 Å². The van der Waals surface area contributed by atoms with Gasteiger partial charge in [-0.3, -0.25) is 4.98 Å². The van der Waals surface area contributed by atoms with Gasteiger partial charge in [0.1, 0.15) is 0 Å². The Kier molecular flexibility index (Phi) is 3.83. The molecule has 0 aliphatic heterocycles. The molecule has 0 saturated carbocycles. The van der Waals surface area contributed by atoms with E-state index in [9.17, 15) is 0 Å². The topological polar surface area (TPSA) is 38.9 Å². The van der Waals surface area contributed by atoms with Gasteiger partial charge in [0.15, 0.2) is 0 Å². The van der Waals surface area contributed by atoms with Crippen molar-refractivity contribution in [3.05, 3.63) is 62.9 Å². The standard InChI is InChI=1S/C15H17BrN2/c1-9-4-10(2)14(11(3)5-9)15(17)12-6-13(16)8-18-7-12/h4-8,15H,17H2,1-3H3. The minimum atomic E-state index is -0.129. The van der Waals surface area contributed by atoms with Gasteiger partial charge < -0.3 is 5.73 Å². The van der Waals surface area contributed by atoms with Crippen molar-refractivity contribution in [1.82, 2.24) is 4.98 Å². The summed E-state index contributed by atoms with van der Waals surface area (Å²) in [5, 5.41) is 0. The molecule has 0 bridgehead atoms. The number of hydrogen-bond acceptors (Lipinski definition) is 2. The molecular formula is C15H17BrN2. The van der Waals surface area contributed by atoms with E-state index in [2.05, 4.69) is 53.8 Å². The van der Waals surface area contributed by atoms with Gasteiger partial charge in [-0.25, -0.2) is 0 Å². The largest absolute Gasteiger partial charge is 0.320 e. The molecule has 2 rings (SSSR count). The summed E-state index contributed by atoms with van der Waals surface area (Å²) in [6.45, 7) is 6.33. The highest BCUT2D eigenvalue weighted by Gasteiger charge is 2.15. The fourth-order valence-electron chi connectivity index (χ4n) is 2.45. The molecule has 3 heteroatoms. The van der Waals surface area contributed by atoms with Gasteiger partial charge in [-0.2, -0.15) is 0 Å². The minimum Gasteiger partial charge on any atom is -0.320 e. The van der Waals surface area contributed by atoms with Crippen LogP contribution in [-0.2, 0) is 0 Å². The molecule has 94 valence electrons. The minimum absolute atomic E-state index is 0.129. The molecule has 0 spiro atoms. The molecule has 0 radical (unpaired) electrons. The molecule has 18 heavy (non-hydrogen) atoms. The second kappa shape index (κ2) is 5.21. The third-order valence-electron chi connectivity index (χ3n) is 3.13. The van der Waals surface area contributed by atoms with Crippen LogP contribution >= 0.6 is 15.9 Å². The molecule has 1 unspecified atom stereocenters. The van der Waals surface area contributed by atoms with Crippen LogP contribution < -0.4 is 5.73 Å². The Bertz CT molecular complexity index is 555. The van der Waals surface area contributed by atoms with Crippen LogP contribution in [0.3, 0.4) is 0 Å². The van der Waals surface area contributed by atoms with Crippen molar-refractivity contribution >= 4 is 15.9 Å². The number of halogens is 1. The smallest absolute Gasteiger partial charge is 0.0572 e. The molecule has 2 aromatic rings. The van der Waals surface area contributed by atoms with Crippen LogP contribution in [0.4, 0.5) is 0 Å². The SMILES string of the molecule is Cc1cc(C)c(C(N)c2cncc(Br)c2)c(C)c1. The lowest BCUT2D eigenvalue weighted by atomic mass is 9.91. The molecule has 0 amide bonds. The van der Waals surface area contributed by atoms with E-state index in [1.54, 1.807) is 6.20 Å². The number of nitrogens with two attached hydrogens (primary N) is 1. The Morgan fingerprint density at radius 1 is 1.06 bits per heavy atom. The van der Waals surface area contributed by atoms with Gasteiger partial charge in [0.2, 0.25) is 0 Å². The van der Waals surface area contributed by atoms with Crippen LogP contribution in [0, 0.1) is 20.8 Å². The van der Waals surface area contributed by atoms with Gasteiger partial charge >= 0.3 is 0 Å². The number of nitrogens with zero attached hydrogens (tertiary/aromatic N) is 1. The molecule has 0 aliphatic carbocycles. The van der Waals surface area contributed by atoms with Crippen LogP contribution in [0.1, 0.15) is 33.9 Å². The van der Waals surface area contributed by atoms with Crippen LogP contribution in [0.2, 0.25) is 0 Å². The number of rotatable bonds is 2. The Labute approximate surface area is 116 Å². The summed E-state index contributed by atoms with van der Waals surface area (Å²) in [5.74, 6) is 0. The van der Waals surface area contributed by atoms with E-state index in [1.807, 2.05) is 12.3 Å². The number of pyridine rings is 1. The number of benzene rings is 1. The van der Waals surface area contributed by atoms with E-state index < -0.39 is 0 Å². The maximum atomic E-state index is 6.38. The Balaban J connectivity index is 2.49. The number of aryl methyl sites for hydroxylation is 3. The second-order valence-electron chi connectivity index (χ2n) is 4.73. The molecule has 0 saturated heterocycles. The van der Waals surface area contributed by atoms with E-state index in [1.165, 1.54) is 22.3 Å². The first-order valence-electron chi connectivity index (χ1n) is 5.93. The Morgan fingerprint density at radius 3 is 2.22 bits per heavy atom. The van der Waals surface area contributed by atoms with Crippen molar-refractivity contribution < 1.29 is 0 Å². The van der Waals surface area contributed by atoms with E-state index in [0.717, 1.165) is 10.0 Å². The van der Waals surface area contributed by atoms with E-state index in [-0.39, 0.29) is 6.04 Å². The van der Waals surface area contributed by atoms with Crippen LogP contribution in [0.5, 0.6) is 0 Å². The quantitative estimate of drug-likeness (QED) is 0.916. The summed E-state index contributed by atoms with van der Waals surface area (Å²) >= 11 is 3.43. The molecule has 2 nitrogen and oxygen atoms in total. The fourth-order valence-corrected chi connectivity index (χ4v) is 2.83. The third-order valence-corrected chi connectivity index (χ3v) is 3.57. The molecule has 1 atom stereocenters. The summed E-state index contributed by atoms with van der Waals surface area (Å²) in [7, 11) is 0. The predicted octanol–water partition coefficient (Wildman–Crippen LogP) is 3.82. The van der Waals surface area contributed by atoms with E-state index in [0.29, 0.717) is 0 Å². The number of aromatic nitrogens is 1. The lowest BCUT2D eigenvalue weighted by Crippen LogP contribution is -2.15. The van der Waals surface area contributed by atoms with Gasteiger partial charge in [-0.15, -0.1) is 0 Å². The van der Waals surface area contributed by atoms with Crippen molar-refractivity contribution in [1.29, 1.82) is 0 Å². The summed E-state index contributed by atoms with van der Waals surface area (Å²) in [4.78, 5) is 4.18. The Morgan fingerprint density at radius 2 is 1.67 bits per heavy atom. The molecule has 0 fully saturated rings. The van der Waals surface area contributed by atoms with Crippen LogP contribution in [-0.4, -0.2) is 4.98 Å². The summed E-state index contributed by atoms with van der Waals surface area (Å²) < 4.78 is 0.956. The normalized spacial score (nSPS) is 12.5. The summed E-state index contributed by atoms with van der Waals surface area (Å²) in [6, 6.07) is 6.24. The monoisotopic (exact) mass is 304 g/mol. The Hall–Kier alpha value is -1.19. The second-order valence-corrected chi connectivity index (χ2v) is 5.64. The fraction of sp³-hybridized carbons (Fsp3) is 0.267. The van der Waals surface area contributed by atoms with Crippen molar-refractivity contribution in [2.24, 2.45) is 5.73 Å². The zero-order valence-electron chi connectivity index (χ0n) is 10.9. The first kappa shape index (κ1) is 13.2. The molecule has 1 heterocycles. The first-order chi connectivity index (χ1) is 8.49. The average molecular weight is 305 g/mol. The maximum absolute atomic E-state index is 6.38. The van der Waals surface area contributed by atoms with Crippen molar-refractivity contribution in [3.63, 3.8) is 0 Å². The molecule has 0 aliphatic rings. The van der Waals surface area contributed by atoms with Crippen molar-refractivity contribution in [3.8, 4) is 0 Å². The highest BCUT2D eigenvalue weighted by molar-refractivity contribution is 9.10. The molecule has 1 aromatic carbocycles. The van der Waals surface area contributed by atoms with E-state index >= 15 is 0 Å². The third kappa shape index (κ3) is 2.62. The molecule has 1 aromatic heterocycles. The zero-order valence-corrected chi connectivity index (χ0v) is 12.5. The lowest BCUT2D eigenvalue weighted by Gasteiger charge is -2.18. The summed E-state index contributed by atoms with van der Waals surface area (Å²) in [5.41, 5.74) is 12.3. The van der Waals surface area contributed by atoms with Gasteiger partial charge in [-0.05, 0) is 65.0 Å². The highest BCUT2D eigenvalue weighted by atomic mass is 79.9. The van der Waals surface area contributed by atoms with Crippen LogP contribution in [0.15, 0.2) is 35.1 Å². The van der Waals surface area contributed by atoms with Crippen molar-refractivity contribution in [2.75, 3.05) is 0 Å². The van der Waals surface area contributed by atoms with Gasteiger partial charge in [0, 0.05) is 16.9 Å². The predicted molar refractivity (Wildman–Crippen MR) is 78.6 cm³/mol.